The van der Waals surface area contributed by atoms with Crippen LogP contribution in [0.25, 0.3) is 0 Å². The molecule has 0 aromatic heterocycles. The summed E-state index contributed by atoms with van der Waals surface area (Å²) in [5.41, 5.74) is 1.80. The molecule has 0 radical (unpaired) electrons. The SMILES string of the molecule is CNC(c1cc(C)ccc1F)C(C)(C)N1CCCC1. The highest BCUT2D eigenvalue weighted by Crippen LogP contribution is 2.34. The Bertz CT molecular complexity index is 436. The zero-order valence-corrected chi connectivity index (χ0v) is 12.5. The Morgan fingerprint density at radius 3 is 2.47 bits per heavy atom. The molecular weight excluding hydrogens is 239 g/mol. The number of rotatable bonds is 4. The van der Waals surface area contributed by atoms with Gasteiger partial charge in [-0.05, 0) is 59.8 Å². The molecule has 19 heavy (non-hydrogen) atoms. The minimum absolute atomic E-state index is 0.00509. The van der Waals surface area contributed by atoms with E-state index in [2.05, 4.69) is 24.1 Å². The molecule has 1 aliphatic heterocycles. The average Bonchev–Trinajstić information content (AvgIpc) is 2.88. The lowest BCUT2D eigenvalue weighted by Gasteiger charge is -2.42. The molecule has 3 heteroatoms. The van der Waals surface area contributed by atoms with Crippen LogP contribution < -0.4 is 5.32 Å². The molecule has 0 bridgehead atoms. The molecule has 1 aliphatic rings. The summed E-state index contributed by atoms with van der Waals surface area (Å²) in [6.07, 6.45) is 2.49. The van der Waals surface area contributed by atoms with Gasteiger partial charge in [0.15, 0.2) is 0 Å². The third kappa shape index (κ3) is 2.82. The molecule has 0 aliphatic carbocycles. The molecule has 1 aromatic carbocycles. The number of aryl methyl sites for hydroxylation is 1. The van der Waals surface area contributed by atoms with Gasteiger partial charge in [0.05, 0.1) is 6.04 Å². The molecule has 1 fully saturated rings. The van der Waals surface area contributed by atoms with Crippen molar-refractivity contribution in [3.8, 4) is 0 Å². The van der Waals surface area contributed by atoms with E-state index in [0.717, 1.165) is 24.2 Å². The highest BCUT2D eigenvalue weighted by Gasteiger charge is 2.37. The monoisotopic (exact) mass is 264 g/mol. The lowest BCUT2D eigenvalue weighted by Crippen LogP contribution is -2.51. The maximum absolute atomic E-state index is 14.2. The van der Waals surface area contributed by atoms with Crippen LogP contribution in [0.5, 0.6) is 0 Å². The summed E-state index contributed by atoms with van der Waals surface area (Å²) in [6, 6.07) is 5.38. The van der Waals surface area contributed by atoms with Crippen molar-refractivity contribution >= 4 is 0 Å². The Balaban J connectivity index is 2.35. The first-order valence-electron chi connectivity index (χ1n) is 7.15. The number of benzene rings is 1. The van der Waals surface area contributed by atoms with Crippen molar-refractivity contribution in [2.24, 2.45) is 0 Å². The Labute approximate surface area is 116 Å². The molecule has 1 heterocycles. The van der Waals surface area contributed by atoms with Gasteiger partial charge in [0.25, 0.3) is 0 Å². The second kappa shape index (κ2) is 5.59. The number of nitrogens with one attached hydrogen (secondary N) is 1. The van der Waals surface area contributed by atoms with Gasteiger partial charge in [0.1, 0.15) is 5.82 Å². The largest absolute Gasteiger partial charge is 0.311 e. The van der Waals surface area contributed by atoms with Gasteiger partial charge in [-0.25, -0.2) is 4.39 Å². The van der Waals surface area contributed by atoms with Crippen LogP contribution in [0.2, 0.25) is 0 Å². The van der Waals surface area contributed by atoms with E-state index in [-0.39, 0.29) is 17.4 Å². The molecule has 106 valence electrons. The quantitative estimate of drug-likeness (QED) is 0.898. The van der Waals surface area contributed by atoms with Gasteiger partial charge in [-0.15, -0.1) is 0 Å². The molecule has 2 rings (SSSR count). The molecule has 1 N–H and O–H groups in total. The molecule has 1 unspecified atom stereocenters. The summed E-state index contributed by atoms with van der Waals surface area (Å²) in [6.45, 7) is 8.65. The Morgan fingerprint density at radius 2 is 1.89 bits per heavy atom. The zero-order valence-electron chi connectivity index (χ0n) is 12.5. The van der Waals surface area contributed by atoms with E-state index in [1.54, 1.807) is 6.07 Å². The summed E-state index contributed by atoms with van der Waals surface area (Å²) in [5, 5.41) is 3.32. The summed E-state index contributed by atoms with van der Waals surface area (Å²) in [5.74, 6) is -0.114. The first kappa shape index (κ1) is 14.5. The Morgan fingerprint density at radius 1 is 1.26 bits per heavy atom. The van der Waals surface area contributed by atoms with Crippen LogP contribution in [0.3, 0.4) is 0 Å². The normalized spacial score (nSPS) is 18.8. The van der Waals surface area contributed by atoms with Crippen molar-refractivity contribution < 1.29 is 4.39 Å². The molecule has 2 nitrogen and oxygen atoms in total. The fourth-order valence-electron chi connectivity index (χ4n) is 3.25. The van der Waals surface area contributed by atoms with Crippen molar-refractivity contribution in [3.63, 3.8) is 0 Å². The zero-order chi connectivity index (χ0) is 14.0. The van der Waals surface area contributed by atoms with Crippen molar-refractivity contribution in [2.45, 2.75) is 45.2 Å². The van der Waals surface area contributed by atoms with Crippen molar-refractivity contribution in [1.29, 1.82) is 0 Å². The highest BCUT2D eigenvalue weighted by atomic mass is 19.1. The van der Waals surface area contributed by atoms with Crippen LogP contribution in [0, 0.1) is 12.7 Å². The van der Waals surface area contributed by atoms with Crippen LogP contribution >= 0.6 is 0 Å². The average molecular weight is 264 g/mol. The lowest BCUT2D eigenvalue weighted by atomic mass is 9.86. The number of hydrogen-bond donors (Lipinski definition) is 1. The van der Waals surface area contributed by atoms with Gasteiger partial charge in [-0.2, -0.15) is 0 Å². The second-order valence-corrected chi connectivity index (χ2v) is 6.09. The molecular formula is C16H25FN2. The van der Waals surface area contributed by atoms with Crippen molar-refractivity contribution in [2.75, 3.05) is 20.1 Å². The van der Waals surface area contributed by atoms with E-state index in [1.165, 1.54) is 12.8 Å². The van der Waals surface area contributed by atoms with Crippen LogP contribution in [0.1, 0.15) is 43.9 Å². The van der Waals surface area contributed by atoms with Crippen LogP contribution in [0.15, 0.2) is 18.2 Å². The second-order valence-electron chi connectivity index (χ2n) is 6.09. The molecule has 0 spiro atoms. The van der Waals surface area contributed by atoms with Crippen LogP contribution in [-0.2, 0) is 0 Å². The third-order valence-electron chi connectivity index (χ3n) is 4.38. The van der Waals surface area contributed by atoms with Gasteiger partial charge < -0.3 is 5.32 Å². The number of likely N-dealkylation sites (tertiary alicyclic amines) is 1. The van der Waals surface area contributed by atoms with Gasteiger partial charge >= 0.3 is 0 Å². The van der Waals surface area contributed by atoms with Crippen LogP contribution in [0.4, 0.5) is 4.39 Å². The van der Waals surface area contributed by atoms with Gasteiger partial charge in [0.2, 0.25) is 0 Å². The number of halogens is 1. The first-order chi connectivity index (χ1) is 8.96. The smallest absolute Gasteiger partial charge is 0.128 e. The van der Waals surface area contributed by atoms with Gasteiger partial charge in [-0.3, -0.25) is 4.90 Å². The Kier molecular flexibility index (Phi) is 4.26. The summed E-state index contributed by atoms with van der Waals surface area (Å²) >= 11 is 0. The third-order valence-corrected chi connectivity index (χ3v) is 4.38. The van der Waals surface area contributed by atoms with E-state index in [0.29, 0.717) is 0 Å². The maximum Gasteiger partial charge on any atom is 0.128 e. The number of nitrogens with zero attached hydrogens (tertiary/aromatic N) is 1. The van der Waals surface area contributed by atoms with Gasteiger partial charge in [0, 0.05) is 11.1 Å². The molecule has 0 amide bonds. The van der Waals surface area contributed by atoms with E-state index in [9.17, 15) is 4.39 Å². The minimum Gasteiger partial charge on any atom is -0.311 e. The number of hydrogen-bond acceptors (Lipinski definition) is 2. The van der Waals surface area contributed by atoms with E-state index < -0.39 is 0 Å². The standard InChI is InChI=1S/C16H25FN2/c1-12-7-8-14(17)13(11-12)15(18-4)16(2,3)19-9-5-6-10-19/h7-8,11,15,18H,5-6,9-10H2,1-4H3. The maximum atomic E-state index is 14.2. The van der Waals surface area contributed by atoms with Crippen molar-refractivity contribution in [3.05, 3.63) is 35.1 Å². The fraction of sp³-hybridized carbons (Fsp3) is 0.625. The summed E-state index contributed by atoms with van der Waals surface area (Å²) in [7, 11) is 1.92. The molecule has 0 saturated carbocycles. The van der Waals surface area contributed by atoms with Crippen molar-refractivity contribution in [1.82, 2.24) is 10.2 Å². The lowest BCUT2D eigenvalue weighted by molar-refractivity contribution is 0.109. The van der Waals surface area contributed by atoms with Crippen LogP contribution in [-0.4, -0.2) is 30.6 Å². The molecule has 1 saturated heterocycles. The predicted octanol–water partition coefficient (Wildman–Crippen LogP) is 3.27. The van der Waals surface area contributed by atoms with Gasteiger partial charge in [-0.1, -0.05) is 17.7 Å². The van der Waals surface area contributed by atoms with E-state index >= 15 is 0 Å². The Hall–Kier alpha value is -0.930. The van der Waals surface area contributed by atoms with E-state index in [4.69, 9.17) is 0 Å². The first-order valence-corrected chi connectivity index (χ1v) is 7.15. The topological polar surface area (TPSA) is 15.3 Å². The predicted molar refractivity (Wildman–Crippen MR) is 77.8 cm³/mol. The van der Waals surface area contributed by atoms with E-state index in [1.807, 2.05) is 26.1 Å². The minimum atomic E-state index is -0.114. The highest BCUT2D eigenvalue weighted by molar-refractivity contribution is 5.29. The summed E-state index contributed by atoms with van der Waals surface area (Å²) in [4.78, 5) is 2.47. The molecule has 1 aromatic rings. The number of likely N-dealkylation sites (N-methyl/N-ethyl adjacent to an activating group) is 1. The summed E-state index contributed by atoms with van der Waals surface area (Å²) < 4.78 is 14.2. The fourth-order valence-corrected chi connectivity index (χ4v) is 3.25. The molecule has 1 atom stereocenters.